The molecule has 23 heavy (non-hydrogen) atoms. The third-order valence-corrected chi connectivity index (χ3v) is 5.12. The second-order valence-electron chi connectivity index (χ2n) is 8.43. The van der Waals surface area contributed by atoms with Crippen LogP contribution in [0.4, 0.5) is 0 Å². The molecular weight excluding hydrogens is 290 g/mol. The predicted octanol–water partition coefficient (Wildman–Crippen LogP) is 0.745. The van der Waals surface area contributed by atoms with Gasteiger partial charge in [0.1, 0.15) is 0 Å². The molecule has 5 nitrogen and oxygen atoms in total. The molecule has 1 rings (SSSR count). The number of hydrogen-bond acceptors (Lipinski definition) is 2. The Hall–Kier alpha value is -1.10. The molecule has 2 amide bonds. The lowest BCUT2D eigenvalue weighted by Gasteiger charge is -2.35. The second kappa shape index (κ2) is 8.13. The van der Waals surface area contributed by atoms with E-state index < -0.39 is 0 Å². The number of likely N-dealkylation sites (N-methyl/N-ethyl adjacent to an activating group) is 1. The maximum Gasteiger partial charge on any atom is 0.278 e. The van der Waals surface area contributed by atoms with Crippen LogP contribution >= 0.6 is 0 Å². The zero-order valence-electron chi connectivity index (χ0n) is 16.0. The Morgan fingerprint density at radius 2 is 1.83 bits per heavy atom. The van der Waals surface area contributed by atoms with Gasteiger partial charge in [-0.1, -0.05) is 26.7 Å². The van der Waals surface area contributed by atoms with E-state index in [0.717, 1.165) is 11.3 Å². The van der Waals surface area contributed by atoms with Crippen molar-refractivity contribution in [1.29, 1.82) is 0 Å². The van der Waals surface area contributed by atoms with Crippen LogP contribution in [0.3, 0.4) is 0 Å². The van der Waals surface area contributed by atoms with Crippen molar-refractivity contribution in [2.24, 2.45) is 11.8 Å². The molecule has 0 radical (unpaired) electrons. The molecule has 0 aromatic rings. The predicted molar refractivity (Wildman–Crippen MR) is 93.2 cm³/mol. The molecule has 3 N–H and O–H groups in total. The van der Waals surface area contributed by atoms with Gasteiger partial charge in [-0.2, -0.15) is 0 Å². The molecule has 134 valence electrons. The number of nitrogens with one attached hydrogen (secondary N) is 3. The Labute approximate surface area is 141 Å². The van der Waals surface area contributed by atoms with Gasteiger partial charge < -0.3 is 15.5 Å². The summed E-state index contributed by atoms with van der Waals surface area (Å²) in [6.07, 6.45) is 3.50. The molecule has 0 aromatic heterocycles. The number of hydrogen-bond donors (Lipinski definition) is 3. The van der Waals surface area contributed by atoms with Crippen LogP contribution in [0.2, 0.25) is 0 Å². The Morgan fingerprint density at radius 1 is 1.22 bits per heavy atom. The van der Waals surface area contributed by atoms with Crippen molar-refractivity contribution >= 4 is 11.8 Å². The molecule has 5 heteroatoms. The van der Waals surface area contributed by atoms with Crippen molar-refractivity contribution < 1.29 is 14.5 Å². The van der Waals surface area contributed by atoms with E-state index >= 15 is 0 Å². The normalized spacial score (nSPS) is 27.9. The number of rotatable bonds is 5. The molecule has 1 aliphatic rings. The average molecular weight is 327 g/mol. The minimum atomic E-state index is -0.240. The number of quaternary nitrogens is 1. The molecule has 1 saturated carbocycles. The van der Waals surface area contributed by atoms with Gasteiger partial charge in [0.15, 0.2) is 12.6 Å². The highest BCUT2D eigenvalue weighted by atomic mass is 16.2. The van der Waals surface area contributed by atoms with Gasteiger partial charge in [0.25, 0.3) is 11.8 Å². The van der Waals surface area contributed by atoms with Crippen LogP contribution in [0.1, 0.15) is 60.8 Å². The molecule has 1 aliphatic carbocycles. The first-order chi connectivity index (χ1) is 10.5. The third kappa shape index (κ3) is 6.50. The zero-order chi connectivity index (χ0) is 17.8. The van der Waals surface area contributed by atoms with E-state index in [1.54, 1.807) is 0 Å². The van der Waals surface area contributed by atoms with Crippen LogP contribution in [0.25, 0.3) is 0 Å². The second-order valence-corrected chi connectivity index (χ2v) is 8.43. The summed E-state index contributed by atoms with van der Waals surface area (Å²) < 4.78 is 0. The topological polar surface area (TPSA) is 62.6 Å². The van der Waals surface area contributed by atoms with Crippen LogP contribution in [-0.2, 0) is 9.59 Å². The molecule has 0 heterocycles. The minimum Gasteiger partial charge on any atom is -0.348 e. The Bertz CT molecular complexity index is 417. The van der Waals surface area contributed by atoms with E-state index in [1.807, 2.05) is 34.7 Å². The van der Waals surface area contributed by atoms with Crippen molar-refractivity contribution in [3.8, 4) is 0 Å². The fourth-order valence-corrected chi connectivity index (χ4v) is 3.19. The van der Waals surface area contributed by atoms with Crippen molar-refractivity contribution in [2.45, 2.75) is 78.4 Å². The lowest BCUT2D eigenvalue weighted by atomic mass is 9.78. The van der Waals surface area contributed by atoms with Gasteiger partial charge in [-0.3, -0.25) is 9.59 Å². The monoisotopic (exact) mass is 326 g/mol. The largest absolute Gasteiger partial charge is 0.348 e. The molecule has 1 fully saturated rings. The standard InChI is InChI=1S/C18H35N3O2/c1-12-9-8-10-15(13(12)2)19-17(23)14(3)21(7)11-16(22)20-18(4,5)6/h12-15H,8-11H2,1-7H3,(H,19,23)(H,20,22)/p+1/t12-,13-,14-,15+/m1/s1. The first kappa shape index (κ1) is 19.9. The van der Waals surface area contributed by atoms with Gasteiger partial charge >= 0.3 is 0 Å². The van der Waals surface area contributed by atoms with Gasteiger partial charge in [-0.05, 0) is 46.0 Å². The summed E-state index contributed by atoms with van der Waals surface area (Å²) in [4.78, 5) is 25.4. The van der Waals surface area contributed by atoms with Gasteiger partial charge in [0.2, 0.25) is 0 Å². The molecule has 0 aliphatic heterocycles. The van der Waals surface area contributed by atoms with Crippen molar-refractivity contribution in [2.75, 3.05) is 13.6 Å². The summed E-state index contributed by atoms with van der Waals surface area (Å²) in [5.74, 6) is 1.21. The number of carbonyl (C=O) groups is 2. The van der Waals surface area contributed by atoms with E-state index in [1.165, 1.54) is 12.8 Å². The number of amides is 2. The maximum atomic E-state index is 12.5. The Morgan fingerprint density at radius 3 is 2.39 bits per heavy atom. The van der Waals surface area contributed by atoms with E-state index in [4.69, 9.17) is 0 Å². The van der Waals surface area contributed by atoms with Crippen molar-refractivity contribution in [1.82, 2.24) is 10.6 Å². The fraction of sp³-hybridized carbons (Fsp3) is 0.889. The summed E-state index contributed by atoms with van der Waals surface area (Å²) in [5, 5.41) is 6.16. The van der Waals surface area contributed by atoms with Gasteiger partial charge in [-0.25, -0.2) is 0 Å². The van der Waals surface area contributed by atoms with Crippen LogP contribution in [0.15, 0.2) is 0 Å². The summed E-state index contributed by atoms with van der Waals surface area (Å²) in [6.45, 7) is 12.6. The van der Waals surface area contributed by atoms with Gasteiger partial charge in [0, 0.05) is 11.6 Å². The molecule has 5 atom stereocenters. The zero-order valence-corrected chi connectivity index (χ0v) is 16.0. The highest BCUT2D eigenvalue weighted by Crippen LogP contribution is 2.29. The maximum absolute atomic E-state index is 12.5. The van der Waals surface area contributed by atoms with Crippen molar-refractivity contribution in [3.05, 3.63) is 0 Å². The molecule has 0 saturated heterocycles. The summed E-state index contributed by atoms with van der Waals surface area (Å²) in [7, 11) is 1.90. The van der Waals surface area contributed by atoms with Crippen LogP contribution in [0.5, 0.6) is 0 Å². The minimum absolute atomic E-state index is 0.0192. The Balaban J connectivity index is 2.50. The molecule has 0 aromatic carbocycles. The van der Waals surface area contributed by atoms with Crippen LogP contribution < -0.4 is 15.5 Å². The molecule has 0 bridgehead atoms. The highest BCUT2D eigenvalue weighted by Gasteiger charge is 2.32. The average Bonchev–Trinajstić information content (AvgIpc) is 2.40. The Kier molecular flexibility index (Phi) is 7.05. The smallest absolute Gasteiger partial charge is 0.278 e. The SMILES string of the molecule is C[C@@H]1[C@H](C)CCC[C@@H]1NC(=O)[C@@H](C)[NH+](C)CC(=O)NC(C)(C)C. The van der Waals surface area contributed by atoms with Gasteiger partial charge in [0.05, 0.1) is 7.05 Å². The molecular formula is C18H36N3O2+. The van der Waals surface area contributed by atoms with Crippen LogP contribution in [-0.4, -0.2) is 43.0 Å². The summed E-state index contributed by atoms with van der Waals surface area (Å²) in [6, 6.07) is 0.0371. The van der Waals surface area contributed by atoms with E-state index in [0.29, 0.717) is 18.4 Å². The van der Waals surface area contributed by atoms with Crippen LogP contribution in [0, 0.1) is 11.8 Å². The first-order valence-corrected chi connectivity index (χ1v) is 8.95. The van der Waals surface area contributed by atoms with Crippen molar-refractivity contribution in [3.63, 3.8) is 0 Å². The quantitative estimate of drug-likeness (QED) is 0.698. The first-order valence-electron chi connectivity index (χ1n) is 8.95. The van der Waals surface area contributed by atoms with E-state index in [-0.39, 0.29) is 29.4 Å². The highest BCUT2D eigenvalue weighted by molar-refractivity contribution is 5.81. The summed E-state index contributed by atoms with van der Waals surface area (Å²) in [5.41, 5.74) is -0.240. The van der Waals surface area contributed by atoms with E-state index in [2.05, 4.69) is 24.5 Å². The fourth-order valence-electron chi connectivity index (χ4n) is 3.19. The lowest BCUT2D eigenvalue weighted by Crippen LogP contribution is -3.15. The molecule has 0 spiro atoms. The summed E-state index contributed by atoms with van der Waals surface area (Å²) >= 11 is 0. The number of carbonyl (C=O) groups excluding carboxylic acids is 2. The molecule has 1 unspecified atom stereocenters. The van der Waals surface area contributed by atoms with E-state index in [9.17, 15) is 9.59 Å². The lowest BCUT2D eigenvalue weighted by molar-refractivity contribution is -0.886. The third-order valence-electron chi connectivity index (χ3n) is 5.12. The van der Waals surface area contributed by atoms with Gasteiger partial charge in [-0.15, -0.1) is 0 Å².